The van der Waals surface area contributed by atoms with Crippen molar-refractivity contribution in [2.75, 3.05) is 6.54 Å². The molecule has 7 heteroatoms. The van der Waals surface area contributed by atoms with Gasteiger partial charge in [0.2, 0.25) is 0 Å². The molecule has 0 bridgehead atoms. The molecule has 1 unspecified atom stereocenters. The molecule has 0 aliphatic heterocycles. The Morgan fingerprint density at radius 3 is 1.80 bits per heavy atom. The van der Waals surface area contributed by atoms with Gasteiger partial charge < -0.3 is 10.2 Å². The number of carbonyl (C=O) groups is 2. The summed E-state index contributed by atoms with van der Waals surface area (Å²) in [4.78, 5) is 23.0. The van der Waals surface area contributed by atoms with Crippen LogP contribution < -0.4 is 0 Å². The highest BCUT2D eigenvalue weighted by atomic mass is 32.2. The smallest absolute Gasteiger partial charge is 0.308 e. The first-order chi connectivity index (χ1) is 11.9. The molecule has 1 atom stereocenters. The molecule has 0 aliphatic rings. The fourth-order valence-corrected chi connectivity index (χ4v) is 4.29. The maximum Gasteiger partial charge on any atom is 0.308 e. The molecule has 2 aromatic carbocycles. The first kappa shape index (κ1) is 18.7. The first-order valence-corrected chi connectivity index (χ1v) is 9.22. The summed E-state index contributed by atoms with van der Waals surface area (Å²) in [5, 5.41) is 18.0. The lowest BCUT2D eigenvalue weighted by Crippen LogP contribution is -2.19. The summed E-state index contributed by atoms with van der Waals surface area (Å²) >= 11 is 0. The molecule has 0 fully saturated rings. The van der Waals surface area contributed by atoms with Crippen molar-refractivity contribution in [1.29, 1.82) is 0 Å². The number of hydrogen-bond acceptors (Lipinski definition) is 4. The Kier molecular flexibility index (Phi) is 6.30. The summed E-state index contributed by atoms with van der Waals surface area (Å²) in [7, 11) is -3.00. The molecule has 0 spiro atoms. The van der Waals surface area contributed by atoms with Gasteiger partial charge in [-0.1, -0.05) is 36.4 Å². The second-order valence-electron chi connectivity index (χ2n) is 5.43. The zero-order valence-corrected chi connectivity index (χ0v) is 14.3. The van der Waals surface area contributed by atoms with Crippen LogP contribution in [-0.2, 0) is 19.3 Å². The molecule has 25 heavy (non-hydrogen) atoms. The van der Waals surface area contributed by atoms with E-state index in [9.17, 15) is 18.9 Å². The Hall–Kier alpha value is -2.67. The van der Waals surface area contributed by atoms with Crippen LogP contribution in [0.5, 0.6) is 0 Å². The molecule has 0 aliphatic carbocycles. The molecule has 2 N–H and O–H groups in total. The fraction of sp³-hybridized carbons (Fsp3) is 0.222. The van der Waals surface area contributed by atoms with Crippen LogP contribution in [0, 0.1) is 5.92 Å². The molecule has 2 rings (SSSR count). The van der Waals surface area contributed by atoms with E-state index >= 15 is 0 Å². The molecule has 0 aromatic heterocycles. The van der Waals surface area contributed by atoms with Crippen LogP contribution in [-0.4, -0.2) is 32.9 Å². The van der Waals surface area contributed by atoms with Crippen LogP contribution in [0.3, 0.4) is 0 Å². The van der Waals surface area contributed by atoms with Crippen molar-refractivity contribution in [1.82, 2.24) is 0 Å². The largest absolute Gasteiger partial charge is 0.481 e. The highest BCUT2D eigenvalue weighted by Gasteiger charge is 2.21. The molecule has 0 amide bonds. The van der Waals surface area contributed by atoms with Crippen molar-refractivity contribution >= 4 is 21.7 Å². The fourth-order valence-electron chi connectivity index (χ4n) is 2.28. The van der Waals surface area contributed by atoms with Gasteiger partial charge in [-0.2, -0.15) is 0 Å². The molecule has 0 saturated carbocycles. The van der Waals surface area contributed by atoms with E-state index in [2.05, 4.69) is 4.36 Å². The van der Waals surface area contributed by atoms with E-state index in [1.165, 1.54) is 0 Å². The molecule has 0 radical (unpaired) electrons. The average molecular weight is 361 g/mol. The Morgan fingerprint density at radius 2 is 1.40 bits per heavy atom. The number of hydrogen-bond donors (Lipinski definition) is 2. The number of carboxylic acid groups (broad SMARTS) is 2. The standard InChI is InChI=1S/C18H19NO5S/c20-17(21)12-11-14(18(22)23)13-19-25(24,15-7-3-1-4-8-15)16-9-5-2-6-10-16/h1-10,14H,11-13H2,(H,20,21)(H,22,23). The summed E-state index contributed by atoms with van der Waals surface area (Å²) in [6.45, 7) is -0.217. The third-order valence-corrected chi connectivity index (χ3v) is 5.99. The topological polar surface area (TPSA) is 104 Å². The van der Waals surface area contributed by atoms with Gasteiger partial charge in [-0.3, -0.25) is 9.59 Å². The summed E-state index contributed by atoms with van der Waals surface area (Å²) in [6.07, 6.45) is -0.336. The molecular formula is C18H19NO5S. The van der Waals surface area contributed by atoms with Gasteiger partial charge in [-0.15, -0.1) is 0 Å². The van der Waals surface area contributed by atoms with Gasteiger partial charge in [-0.05, 0) is 30.7 Å². The van der Waals surface area contributed by atoms with Crippen molar-refractivity contribution in [3.8, 4) is 0 Å². The van der Waals surface area contributed by atoms with E-state index in [1.807, 2.05) is 0 Å². The van der Waals surface area contributed by atoms with E-state index in [1.54, 1.807) is 60.7 Å². The van der Waals surface area contributed by atoms with Crippen LogP contribution in [0.1, 0.15) is 12.8 Å². The van der Waals surface area contributed by atoms with Crippen molar-refractivity contribution in [2.45, 2.75) is 22.6 Å². The zero-order valence-electron chi connectivity index (χ0n) is 13.4. The summed E-state index contributed by atoms with van der Waals surface area (Å²) in [5.74, 6) is -3.21. The predicted octanol–water partition coefficient (Wildman–Crippen LogP) is 3.14. The van der Waals surface area contributed by atoms with Gasteiger partial charge in [0.25, 0.3) is 0 Å². The molecule has 0 heterocycles. The summed E-state index contributed by atoms with van der Waals surface area (Å²) in [6, 6.07) is 17.3. The third-order valence-electron chi connectivity index (χ3n) is 3.66. The maximum atomic E-state index is 13.6. The molecule has 132 valence electrons. The first-order valence-electron chi connectivity index (χ1n) is 7.71. The van der Waals surface area contributed by atoms with Crippen molar-refractivity contribution in [2.24, 2.45) is 10.3 Å². The minimum Gasteiger partial charge on any atom is -0.481 e. The Bertz CT molecular complexity index is 797. The average Bonchev–Trinajstić information content (AvgIpc) is 2.62. The summed E-state index contributed by atoms with van der Waals surface area (Å²) in [5.41, 5.74) is 0. The lowest BCUT2D eigenvalue weighted by atomic mass is 10.0. The van der Waals surface area contributed by atoms with Gasteiger partial charge in [0.05, 0.1) is 22.3 Å². The predicted molar refractivity (Wildman–Crippen MR) is 92.8 cm³/mol. The Morgan fingerprint density at radius 1 is 0.920 bits per heavy atom. The van der Waals surface area contributed by atoms with Gasteiger partial charge in [0, 0.05) is 6.42 Å². The minimum atomic E-state index is -3.00. The highest BCUT2D eigenvalue weighted by molar-refractivity contribution is 7.93. The van der Waals surface area contributed by atoms with Crippen molar-refractivity contribution < 1.29 is 24.0 Å². The van der Waals surface area contributed by atoms with Crippen molar-refractivity contribution in [3.63, 3.8) is 0 Å². The van der Waals surface area contributed by atoms with Crippen LogP contribution in [0.25, 0.3) is 0 Å². The number of carboxylic acids is 2. The molecular weight excluding hydrogens is 342 g/mol. The van der Waals surface area contributed by atoms with E-state index in [4.69, 9.17) is 5.11 Å². The van der Waals surface area contributed by atoms with E-state index in [0.29, 0.717) is 9.79 Å². The summed E-state index contributed by atoms with van der Waals surface area (Å²) < 4.78 is 17.8. The Balaban J connectivity index is 2.42. The van der Waals surface area contributed by atoms with Gasteiger partial charge in [0.15, 0.2) is 0 Å². The normalized spacial score (nSPS) is 12.3. The number of rotatable bonds is 8. The van der Waals surface area contributed by atoms with Crippen LogP contribution in [0.4, 0.5) is 0 Å². The van der Waals surface area contributed by atoms with Gasteiger partial charge in [0.1, 0.15) is 9.73 Å². The van der Waals surface area contributed by atoms with Gasteiger partial charge >= 0.3 is 11.9 Å². The van der Waals surface area contributed by atoms with Crippen LogP contribution >= 0.6 is 0 Å². The molecule has 2 aromatic rings. The Labute approximate surface area is 146 Å². The lowest BCUT2D eigenvalue weighted by molar-refractivity contribution is -0.142. The van der Waals surface area contributed by atoms with Gasteiger partial charge in [-0.25, -0.2) is 8.57 Å². The molecule has 0 saturated heterocycles. The van der Waals surface area contributed by atoms with E-state index < -0.39 is 27.6 Å². The van der Waals surface area contributed by atoms with E-state index in [0.717, 1.165) is 0 Å². The number of aliphatic carboxylic acids is 2. The molecule has 6 nitrogen and oxygen atoms in total. The minimum absolute atomic E-state index is 0.0622. The van der Waals surface area contributed by atoms with Crippen LogP contribution in [0.15, 0.2) is 74.8 Å². The highest BCUT2D eigenvalue weighted by Crippen LogP contribution is 2.24. The number of benzene rings is 2. The van der Waals surface area contributed by atoms with Crippen molar-refractivity contribution in [3.05, 3.63) is 60.7 Å². The lowest BCUT2D eigenvalue weighted by Gasteiger charge is -2.13. The zero-order chi connectivity index (χ0) is 18.3. The van der Waals surface area contributed by atoms with E-state index in [-0.39, 0.29) is 19.4 Å². The maximum absolute atomic E-state index is 13.6. The monoisotopic (exact) mass is 361 g/mol. The van der Waals surface area contributed by atoms with Crippen LogP contribution in [0.2, 0.25) is 0 Å². The second-order valence-corrected chi connectivity index (χ2v) is 7.68. The third kappa shape index (κ3) is 4.90. The SMILES string of the molecule is O=C(O)CCC(CN=S(=O)(c1ccccc1)c1ccccc1)C(=O)O. The quantitative estimate of drug-likeness (QED) is 0.752. The second kappa shape index (κ2) is 8.43. The number of nitrogens with zero attached hydrogens (tertiary/aromatic N) is 1.